The van der Waals surface area contributed by atoms with Crippen LogP contribution < -0.4 is 4.74 Å². The second-order valence-corrected chi connectivity index (χ2v) is 6.45. The van der Waals surface area contributed by atoms with Gasteiger partial charge in [0.25, 0.3) is 0 Å². The summed E-state index contributed by atoms with van der Waals surface area (Å²) in [5.74, 6) is 0.797. The fourth-order valence-corrected chi connectivity index (χ4v) is 2.74. The number of aliphatic hydroxyl groups excluding tert-OH is 1. The molecule has 2 aromatic carbocycles. The predicted molar refractivity (Wildman–Crippen MR) is 99.3 cm³/mol. The molecule has 0 aromatic heterocycles. The van der Waals surface area contributed by atoms with Crippen molar-refractivity contribution < 1.29 is 9.84 Å². The maximum atomic E-state index is 10.4. The number of nitrogens with zero attached hydrogens (tertiary/aromatic N) is 1. The van der Waals surface area contributed by atoms with Crippen molar-refractivity contribution in [3.05, 3.63) is 65.7 Å². The predicted octanol–water partition coefficient (Wildman–Crippen LogP) is 4.04. The molecule has 2 rings (SSSR count). The summed E-state index contributed by atoms with van der Waals surface area (Å²) in [6.07, 6.45) is 0.543. The van der Waals surface area contributed by atoms with Gasteiger partial charge >= 0.3 is 0 Å². The second kappa shape index (κ2) is 9.45. The number of ether oxygens (including phenoxy) is 1. The molecule has 1 N–H and O–H groups in total. The smallest absolute Gasteiger partial charge is 0.119 e. The lowest BCUT2D eigenvalue weighted by Crippen LogP contribution is -2.40. The number of aliphatic hydroxyl groups is 1. The molecule has 0 fully saturated rings. The standard InChI is InChI=1S/C21H29NO2/c1-4-18(3)22(14-19-10-8-9-17(2)13-19)15-20(23)16-24-21-11-6-5-7-12-21/h5-13,18,20,23H,4,14-16H2,1-3H3/t18-,20+/m1/s1. The summed E-state index contributed by atoms with van der Waals surface area (Å²) >= 11 is 0. The Bertz CT molecular complexity index is 600. The van der Waals surface area contributed by atoms with Crippen molar-refractivity contribution in [3.63, 3.8) is 0 Å². The Morgan fingerprint density at radius 2 is 1.83 bits per heavy atom. The topological polar surface area (TPSA) is 32.7 Å². The van der Waals surface area contributed by atoms with Gasteiger partial charge in [0.15, 0.2) is 0 Å². The third-order valence-corrected chi connectivity index (χ3v) is 4.31. The summed E-state index contributed by atoms with van der Waals surface area (Å²) in [5.41, 5.74) is 2.55. The molecule has 0 aliphatic heterocycles. The lowest BCUT2D eigenvalue weighted by atomic mass is 10.1. The Kier molecular flexibility index (Phi) is 7.29. The summed E-state index contributed by atoms with van der Waals surface area (Å²) in [4.78, 5) is 2.33. The van der Waals surface area contributed by atoms with Crippen molar-refractivity contribution >= 4 is 0 Å². The number of hydrogen-bond donors (Lipinski definition) is 1. The number of benzene rings is 2. The molecule has 0 saturated heterocycles. The van der Waals surface area contributed by atoms with Gasteiger partial charge in [-0.05, 0) is 38.0 Å². The van der Waals surface area contributed by atoms with Crippen LogP contribution in [0.1, 0.15) is 31.4 Å². The van der Waals surface area contributed by atoms with E-state index in [4.69, 9.17) is 4.74 Å². The average Bonchev–Trinajstić information content (AvgIpc) is 2.59. The van der Waals surface area contributed by atoms with E-state index in [0.717, 1.165) is 18.7 Å². The van der Waals surface area contributed by atoms with Crippen molar-refractivity contribution in [3.8, 4) is 5.75 Å². The third kappa shape index (κ3) is 5.99. The SMILES string of the molecule is CC[C@@H](C)N(Cc1cccc(C)c1)C[C@H](O)COc1ccccc1. The molecule has 0 heterocycles. The number of rotatable bonds is 9. The molecule has 0 amide bonds. The molecule has 130 valence electrons. The van der Waals surface area contributed by atoms with E-state index >= 15 is 0 Å². The van der Waals surface area contributed by atoms with E-state index in [9.17, 15) is 5.11 Å². The monoisotopic (exact) mass is 327 g/mol. The molecule has 0 aliphatic rings. The Balaban J connectivity index is 1.92. The van der Waals surface area contributed by atoms with Crippen LogP contribution in [-0.4, -0.2) is 35.3 Å². The van der Waals surface area contributed by atoms with Crippen molar-refractivity contribution in [1.29, 1.82) is 0 Å². The zero-order chi connectivity index (χ0) is 17.4. The lowest BCUT2D eigenvalue weighted by molar-refractivity contribution is 0.0506. The Labute approximate surface area is 145 Å². The van der Waals surface area contributed by atoms with Crippen LogP contribution in [0.3, 0.4) is 0 Å². The van der Waals surface area contributed by atoms with Crippen LogP contribution in [0.5, 0.6) is 5.75 Å². The molecule has 2 aromatic rings. The van der Waals surface area contributed by atoms with E-state index in [0.29, 0.717) is 19.2 Å². The Morgan fingerprint density at radius 1 is 1.08 bits per heavy atom. The first kappa shape index (κ1) is 18.5. The van der Waals surface area contributed by atoms with Crippen molar-refractivity contribution in [2.24, 2.45) is 0 Å². The van der Waals surface area contributed by atoms with Crippen LogP contribution in [0.15, 0.2) is 54.6 Å². The minimum Gasteiger partial charge on any atom is -0.491 e. The molecule has 0 spiro atoms. The van der Waals surface area contributed by atoms with Crippen molar-refractivity contribution in [2.45, 2.75) is 45.9 Å². The quantitative estimate of drug-likeness (QED) is 0.754. The normalized spacial score (nSPS) is 13.7. The molecule has 3 nitrogen and oxygen atoms in total. The molecule has 0 radical (unpaired) electrons. The highest BCUT2D eigenvalue weighted by Gasteiger charge is 2.17. The molecule has 0 bridgehead atoms. The Hall–Kier alpha value is -1.84. The van der Waals surface area contributed by atoms with Gasteiger partial charge < -0.3 is 9.84 Å². The van der Waals surface area contributed by atoms with Gasteiger partial charge in [-0.1, -0.05) is 55.0 Å². The first-order chi connectivity index (χ1) is 11.6. The molecule has 3 heteroatoms. The summed E-state index contributed by atoms with van der Waals surface area (Å²) in [6.45, 7) is 8.26. The maximum Gasteiger partial charge on any atom is 0.119 e. The lowest BCUT2D eigenvalue weighted by Gasteiger charge is -2.30. The van der Waals surface area contributed by atoms with Gasteiger partial charge in [-0.25, -0.2) is 0 Å². The molecule has 0 saturated carbocycles. The van der Waals surface area contributed by atoms with E-state index in [-0.39, 0.29) is 0 Å². The molecular weight excluding hydrogens is 298 g/mol. The van der Waals surface area contributed by atoms with Gasteiger partial charge in [0.2, 0.25) is 0 Å². The third-order valence-electron chi connectivity index (χ3n) is 4.31. The van der Waals surface area contributed by atoms with Gasteiger partial charge in [-0.3, -0.25) is 4.90 Å². The van der Waals surface area contributed by atoms with Crippen molar-refractivity contribution in [1.82, 2.24) is 4.90 Å². The van der Waals surface area contributed by atoms with E-state index in [1.165, 1.54) is 11.1 Å². The fraction of sp³-hybridized carbons (Fsp3) is 0.429. The van der Waals surface area contributed by atoms with Crippen LogP contribution >= 0.6 is 0 Å². The van der Waals surface area contributed by atoms with E-state index in [2.05, 4.69) is 49.9 Å². The second-order valence-electron chi connectivity index (χ2n) is 6.45. The first-order valence-corrected chi connectivity index (χ1v) is 8.74. The number of aryl methyl sites for hydroxylation is 1. The minimum atomic E-state index is -0.510. The molecule has 0 aliphatic carbocycles. The van der Waals surface area contributed by atoms with Crippen LogP contribution in [0.25, 0.3) is 0 Å². The zero-order valence-corrected chi connectivity index (χ0v) is 15.0. The largest absolute Gasteiger partial charge is 0.491 e. The van der Waals surface area contributed by atoms with Crippen LogP contribution in [0, 0.1) is 6.92 Å². The number of para-hydroxylation sites is 1. The molecular formula is C21H29NO2. The van der Waals surface area contributed by atoms with Crippen LogP contribution in [-0.2, 0) is 6.54 Å². The minimum absolute atomic E-state index is 0.310. The molecule has 0 unspecified atom stereocenters. The average molecular weight is 327 g/mol. The van der Waals surface area contributed by atoms with Gasteiger partial charge in [0.05, 0.1) is 0 Å². The van der Waals surface area contributed by atoms with Gasteiger partial charge in [-0.2, -0.15) is 0 Å². The van der Waals surface area contributed by atoms with E-state index in [1.807, 2.05) is 30.3 Å². The van der Waals surface area contributed by atoms with Crippen molar-refractivity contribution in [2.75, 3.05) is 13.2 Å². The zero-order valence-electron chi connectivity index (χ0n) is 15.0. The molecule has 24 heavy (non-hydrogen) atoms. The Morgan fingerprint density at radius 3 is 2.50 bits per heavy atom. The van der Waals surface area contributed by atoms with Crippen LogP contribution in [0.4, 0.5) is 0 Å². The van der Waals surface area contributed by atoms with Crippen LogP contribution in [0.2, 0.25) is 0 Å². The number of hydrogen-bond acceptors (Lipinski definition) is 3. The fourth-order valence-electron chi connectivity index (χ4n) is 2.74. The maximum absolute atomic E-state index is 10.4. The highest BCUT2D eigenvalue weighted by atomic mass is 16.5. The highest BCUT2D eigenvalue weighted by molar-refractivity contribution is 5.22. The summed E-state index contributed by atoms with van der Waals surface area (Å²) in [7, 11) is 0. The van der Waals surface area contributed by atoms with E-state index < -0.39 is 6.10 Å². The molecule has 2 atom stereocenters. The highest BCUT2D eigenvalue weighted by Crippen LogP contribution is 2.14. The van der Waals surface area contributed by atoms with Gasteiger partial charge in [0, 0.05) is 19.1 Å². The summed E-state index contributed by atoms with van der Waals surface area (Å²) < 4.78 is 5.67. The van der Waals surface area contributed by atoms with Gasteiger partial charge in [0.1, 0.15) is 18.5 Å². The van der Waals surface area contributed by atoms with E-state index in [1.54, 1.807) is 0 Å². The first-order valence-electron chi connectivity index (χ1n) is 8.74. The van der Waals surface area contributed by atoms with Gasteiger partial charge in [-0.15, -0.1) is 0 Å². The summed E-state index contributed by atoms with van der Waals surface area (Å²) in [6, 6.07) is 18.6. The summed E-state index contributed by atoms with van der Waals surface area (Å²) in [5, 5.41) is 10.4.